The number of rotatable bonds is 6. The summed E-state index contributed by atoms with van der Waals surface area (Å²) in [6.07, 6.45) is 3.39. The molecule has 23 heavy (non-hydrogen) atoms. The van der Waals surface area contributed by atoms with E-state index in [1.807, 2.05) is 6.92 Å². The van der Waals surface area contributed by atoms with Crippen molar-refractivity contribution < 1.29 is 9.53 Å². The lowest BCUT2D eigenvalue weighted by Gasteiger charge is -2.19. The van der Waals surface area contributed by atoms with Crippen molar-refractivity contribution in [3.05, 3.63) is 23.8 Å². The third-order valence-electron chi connectivity index (χ3n) is 4.09. The van der Waals surface area contributed by atoms with Crippen LogP contribution in [0.25, 0.3) is 0 Å². The molecule has 6 nitrogen and oxygen atoms in total. The summed E-state index contributed by atoms with van der Waals surface area (Å²) in [5, 5.41) is 14.7. The Kier molecular flexibility index (Phi) is 6.24. The Morgan fingerprint density at radius 3 is 3.00 bits per heavy atom. The first-order valence-corrected chi connectivity index (χ1v) is 8.06. The second-order valence-electron chi connectivity index (χ2n) is 5.70. The normalized spacial score (nSPS) is 17.5. The Morgan fingerprint density at radius 1 is 1.52 bits per heavy atom. The Bertz CT molecular complexity index is 582. The molecule has 1 unspecified atom stereocenters. The summed E-state index contributed by atoms with van der Waals surface area (Å²) < 4.78 is 5.36. The van der Waals surface area contributed by atoms with Gasteiger partial charge in [0.15, 0.2) is 0 Å². The summed E-state index contributed by atoms with van der Waals surface area (Å²) in [4.78, 5) is 14.3. The van der Waals surface area contributed by atoms with Gasteiger partial charge in [-0.1, -0.05) is 0 Å². The van der Waals surface area contributed by atoms with Crippen molar-refractivity contribution >= 4 is 11.7 Å². The summed E-state index contributed by atoms with van der Waals surface area (Å²) >= 11 is 0. The lowest BCUT2D eigenvalue weighted by atomic mass is 10.1. The fraction of sp³-hybridized carbons (Fsp3) is 0.529. The molecule has 6 heteroatoms. The molecule has 0 aliphatic carbocycles. The number of nitrogens with one attached hydrogen (secondary N) is 2. The topological polar surface area (TPSA) is 77.4 Å². The fourth-order valence-corrected chi connectivity index (χ4v) is 2.85. The molecule has 1 aliphatic rings. The summed E-state index contributed by atoms with van der Waals surface area (Å²) in [5.41, 5.74) is 0.998. The zero-order valence-corrected chi connectivity index (χ0v) is 13.8. The van der Waals surface area contributed by atoms with Crippen molar-refractivity contribution in [3.8, 4) is 11.8 Å². The molecule has 2 amide bonds. The Hall–Kier alpha value is -2.26. The number of carbonyl (C=O) groups is 1. The van der Waals surface area contributed by atoms with Gasteiger partial charge >= 0.3 is 6.03 Å². The smallest absolute Gasteiger partial charge is 0.319 e. The molecular formula is C17H24N4O2. The number of hydrogen-bond acceptors (Lipinski definition) is 4. The molecule has 2 N–H and O–H groups in total. The first-order valence-electron chi connectivity index (χ1n) is 8.06. The first-order chi connectivity index (χ1) is 11.1. The van der Waals surface area contributed by atoms with Gasteiger partial charge in [0.2, 0.25) is 0 Å². The van der Waals surface area contributed by atoms with Crippen LogP contribution in [0.5, 0.6) is 5.75 Å². The van der Waals surface area contributed by atoms with Crippen molar-refractivity contribution in [1.82, 2.24) is 10.2 Å². The van der Waals surface area contributed by atoms with Crippen LogP contribution in [0.4, 0.5) is 10.5 Å². The maximum atomic E-state index is 11.9. The van der Waals surface area contributed by atoms with E-state index < -0.39 is 0 Å². The van der Waals surface area contributed by atoms with Gasteiger partial charge in [0.1, 0.15) is 11.8 Å². The first kappa shape index (κ1) is 17.1. The number of amides is 2. The molecule has 0 bridgehead atoms. The van der Waals surface area contributed by atoms with E-state index in [9.17, 15) is 4.79 Å². The summed E-state index contributed by atoms with van der Waals surface area (Å²) in [5.74, 6) is 0.533. The molecule has 1 heterocycles. The average Bonchev–Trinajstić information content (AvgIpc) is 2.94. The lowest BCUT2D eigenvalue weighted by molar-refractivity contribution is 0.248. The molecular weight excluding hydrogens is 292 g/mol. The summed E-state index contributed by atoms with van der Waals surface area (Å²) in [7, 11) is 2.13. The van der Waals surface area contributed by atoms with Crippen molar-refractivity contribution in [2.24, 2.45) is 0 Å². The van der Waals surface area contributed by atoms with E-state index in [0.29, 0.717) is 36.2 Å². The molecule has 124 valence electrons. The third-order valence-corrected chi connectivity index (χ3v) is 4.09. The number of anilines is 1. The van der Waals surface area contributed by atoms with Crippen molar-refractivity contribution in [3.63, 3.8) is 0 Å². The zero-order valence-electron chi connectivity index (χ0n) is 13.8. The van der Waals surface area contributed by atoms with Crippen LogP contribution in [0, 0.1) is 11.3 Å². The van der Waals surface area contributed by atoms with E-state index in [4.69, 9.17) is 10.00 Å². The van der Waals surface area contributed by atoms with Crippen LogP contribution in [0.2, 0.25) is 0 Å². The molecule has 0 aromatic heterocycles. The summed E-state index contributed by atoms with van der Waals surface area (Å²) in [6.45, 7) is 4.14. The van der Waals surface area contributed by atoms with Crippen LogP contribution >= 0.6 is 0 Å². The van der Waals surface area contributed by atoms with Crippen LogP contribution in [-0.4, -0.2) is 43.7 Å². The van der Waals surface area contributed by atoms with Gasteiger partial charge in [-0.3, -0.25) is 0 Å². The lowest BCUT2D eigenvalue weighted by Crippen LogP contribution is -2.34. The van der Waals surface area contributed by atoms with Gasteiger partial charge < -0.3 is 20.3 Å². The highest BCUT2D eigenvalue weighted by atomic mass is 16.5. The van der Waals surface area contributed by atoms with Crippen LogP contribution < -0.4 is 15.4 Å². The van der Waals surface area contributed by atoms with E-state index in [1.165, 1.54) is 12.8 Å². The van der Waals surface area contributed by atoms with Crippen molar-refractivity contribution in [2.75, 3.05) is 32.1 Å². The molecule has 1 aromatic carbocycles. The molecule has 1 atom stereocenters. The number of ether oxygens (including phenoxy) is 1. The Morgan fingerprint density at radius 2 is 2.35 bits per heavy atom. The second-order valence-corrected chi connectivity index (χ2v) is 5.70. The van der Waals surface area contributed by atoms with Gasteiger partial charge in [-0.25, -0.2) is 4.79 Å². The zero-order chi connectivity index (χ0) is 16.7. The van der Waals surface area contributed by atoms with Crippen LogP contribution in [0.1, 0.15) is 31.7 Å². The highest BCUT2D eigenvalue weighted by molar-refractivity contribution is 5.89. The minimum atomic E-state index is -0.251. The minimum Gasteiger partial charge on any atom is -0.492 e. The Labute approximate surface area is 137 Å². The van der Waals surface area contributed by atoms with Crippen molar-refractivity contribution in [2.45, 2.75) is 32.2 Å². The Balaban J connectivity index is 1.81. The maximum absolute atomic E-state index is 11.9. The predicted octanol–water partition coefficient (Wildman–Crippen LogP) is 2.56. The molecule has 0 radical (unpaired) electrons. The van der Waals surface area contributed by atoms with Crippen LogP contribution in [0.15, 0.2) is 18.2 Å². The van der Waals surface area contributed by atoms with Gasteiger partial charge in [-0.05, 0) is 58.0 Å². The summed E-state index contributed by atoms with van der Waals surface area (Å²) in [6, 6.07) is 7.44. The van der Waals surface area contributed by atoms with Gasteiger partial charge in [0, 0.05) is 18.3 Å². The molecule has 1 fully saturated rings. The average molecular weight is 316 g/mol. The second kappa shape index (κ2) is 8.39. The van der Waals surface area contributed by atoms with Crippen molar-refractivity contribution in [1.29, 1.82) is 5.26 Å². The maximum Gasteiger partial charge on any atom is 0.319 e. The third kappa shape index (κ3) is 4.86. The number of hydrogen-bond donors (Lipinski definition) is 2. The monoisotopic (exact) mass is 316 g/mol. The molecule has 2 rings (SSSR count). The van der Waals surface area contributed by atoms with E-state index in [2.05, 4.69) is 28.7 Å². The van der Waals surface area contributed by atoms with E-state index in [0.717, 1.165) is 13.0 Å². The van der Waals surface area contributed by atoms with Gasteiger partial charge in [-0.2, -0.15) is 5.26 Å². The van der Waals surface area contributed by atoms with E-state index >= 15 is 0 Å². The number of urea groups is 1. The quantitative estimate of drug-likeness (QED) is 0.845. The molecule has 1 saturated heterocycles. The molecule has 1 aromatic rings. The van der Waals surface area contributed by atoms with Crippen LogP contribution in [0.3, 0.4) is 0 Å². The number of nitriles is 1. The van der Waals surface area contributed by atoms with E-state index in [1.54, 1.807) is 18.2 Å². The number of likely N-dealkylation sites (tertiary alicyclic amines) is 1. The molecule has 1 aliphatic heterocycles. The van der Waals surface area contributed by atoms with Gasteiger partial charge in [0.25, 0.3) is 0 Å². The number of benzene rings is 1. The highest BCUT2D eigenvalue weighted by Gasteiger charge is 2.20. The minimum absolute atomic E-state index is 0.251. The predicted molar refractivity (Wildman–Crippen MR) is 89.6 cm³/mol. The van der Waals surface area contributed by atoms with Crippen LogP contribution in [-0.2, 0) is 0 Å². The number of nitrogens with zero attached hydrogens (tertiary/aromatic N) is 2. The van der Waals surface area contributed by atoms with Gasteiger partial charge in [-0.15, -0.1) is 0 Å². The molecule has 0 saturated carbocycles. The van der Waals surface area contributed by atoms with E-state index in [-0.39, 0.29) is 6.03 Å². The molecule has 0 spiro atoms. The standard InChI is InChI=1S/C17H24N4O2/c1-3-23-16-7-6-14(11-13(16)12-18)20-17(22)19-9-8-15-5-4-10-21(15)2/h6-7,11,15H,3-5,8-10H2,1-2H3,(H2,19,20,22). The number of carbonyl (C=O) groups excluding carboxylic acids is 1. The fourth-order valence-electron chi connectivity index (χ4n) is 2.85. The SMILES string of the molecule is CCOc1ccc(NC(=O)NCCC2CCCN2C)cc1C#N. The highest BCUT2D eigenvalue weighted by Crippen LogP contribution is 2.22. The largest absolute Gasteiger partial charge is 0.492 e. The van der Waals surface area contributed by atoms with Gasteiger partial charge in [0.05, 0.1) is 12.2 Å².